The number of aliphatic carboxylic acids is 1. The van der Waals surface area contributed by atoms with Crippen molar-refractivity contribution in [3.8, 4) is 0 Å². The molecule has 0 aliphatic carbocycles. The number of nitrogens with zero attached hydrogens (tertiary/aromatic N) is 2. The van der Waals surface area contributed by atoms with Gasteiger partial charge in [-0.05, 0) is 61.9 Å². The number of nitrogens with one attached hydrogen (secondary N) is 3. The molecule has 0 spiro atoms. The monoisotopic (exact) mass is 607 g/mol. The first-order chi connectivity index (χ1) is 21.0. The highest BCUT2D eigenvalue weighted by atomic mass is 16.6. The van der Waals surface area contributed by atoms with Crippen LogP contribution in [-0.4, -0.2) is 82.6 Å². The molecule has 3 unspecified atom stereocenters. The van der Waals surface area contributed by atoms with Crippen molar-refractivity contribution in [3.63, 3.8) is 0 Å². The van der Waals surface area contributed by atoms with Crippen molar-refractivity contribution in [2.24, 2.45) is 11.8 Å². The lowest BCUT2D eigenvalue weighted by Crippen LogP contribution is -2.56. The second-order valence-electron chi connectivity index (χ2n) is 11.8. The van der Waals surface area contributed by atoms with E-state index in [9.17, 15) is 29.1 Å². The number of carboxylic acid groups (broad SMARTS) is 1. The number of carbonyl (C=O) groups excluding carboxylic acids is 4. The number of anilines is 2. The standard InChI is InChI=1S/C32H41N5O7/c1-5-44-32(43)36-17-22-16-26(30(40)41)37(27(22)18-36)29(39)25(14-19(2)3)34-28(38)15-21-10-12-23(13-11-21)33-31(42)35-24-9-7-6-8-20(24)4/h6-13,19,22,25-27H,5,14-18H2,1-4H3,(H,34,38)(H,40,41)(H2,33,35,42)/t22?,25-,26?,27?/m0/s1. The second kappa shape index (κ2) is 14.2. The molecule has 4 atom stereocenters. The number of urea groups is 1. The minimum atomic E-state index is -1.11. The van der Waals surface area contributed by atoms with Gasteiger partial charge in [0.25, 0.3) is 0 Å². The fourth-order valence-corrected chi connectivity index (χ4v) is 5.94. The zero-order chi connectivity index (χ0) is 32.0. The van der Waals surface area contributed by atoms with Gasteiger partial charge in [0.05, 0.1) is 19.1 Å². The van der Waals surface area contributed by atoms with E-state index in [1.807, 2.05) is 45.0 Å². The van der Waals surface area contributed by atoms with Crippen LogP contribution in [0.15, 0.2) is 48.5 Å². The van der Waals surface area contributed by atoms with Crippen molar-refractivity contribution < 1.29 is 33.8 Å². The third-order valence-electron chi connectivity index (χ3n) is 8.00. The highest BCUT2D eigenvalue weighted by molar-refractivity contribution is 6.00. The van der Waals surface area contributed by atoms with Gasteiger partial charge in [-0.15, -0.1) is 0 Å². The first kappa shape index (κ1) is 32.3. The van der Waals surface area contributed by atoms with E-state index in [0.29, 0.717) is 29.9 Å². The molecule has 4 rings (SSSR count). The minimum Gasteiger partial charge on any atom is -0.480 e. The normalized spacial score (nSPS) is 19.7. The number of ether oxygens (including phenoxy) is 1. The number of hydrogen-bond acceptors (Lipinski definition) is 6. The van der Waals surface area contributed by atoms with Crippen LogP contribution in [0, 0.1) is 18.8 Å². The highest BCUT2D eigenvalue weighted by Crippen LogP contribution is 2.37. The maximum absolute atomic E-state index is 13.9. The number of hydrogen-bond donors (Lipinski definition) is 4. The molecule has 4 N–H and O–H groups in total. The Morgan fingerprint density at radius 3 is 2.34 bits per heavy atom. The van der Waals surface area contributed by atoms with Crippen LogP contribution in [0.2, 0.25) is 0 Å². The first-order valence-electron chi connectivity index (χ1n) is 14.9. The molecule has 2 saturated heterocycles. The molecule has 2 aliphatic heterocycles. The summed E-state index contributed by atoms with van der Waals surface area (Å²) in [6.45, 7) is 8.18. The SMILES string of the molecule is CCOC(=O)N1CC2CC(C(=O)O)N(C(=O)[C@H](CC(C)C)NC(=O)Cc3ccc(NC(=O)Nc4ccccc4C)cc3)C2C1. The number of carboxylic acids is 1. The number of aryl methyl sites for hydroxylation is 1. The molecule has 12 heteroatoms. The number of amides is 5. The first-order valence-corrected chi connectivity index (χ1v) is 14.9. The van der Waals surface area contributed by atoms with E-state index < -0.39 is 42.1 Å². The minimum absolute atomic E-state index is 0.0113. The molecule has 0 bridgehead atoms. The molecule has 0 radical (unpaired) electrons. The molecule has 2 fully saturated rings. The second-order valence-corrected chi connectivity index (χ2v) is 11.8. The summed E-state index contributed by atoms with van der Waals surface area (Å²) in [5, 5.41) is 18.3. The molecule has 2 aliphatic rings. The fraction of sp³-hybridized carbons (Fsp3) is 0.469. The maximum atomic E-state index is 13.9. The van der Waals surface area contributed by atoms with E-state index in [1.54, 1.807) is 31.2 Å². The molecule has 0 aromatic heterocycles. The van der Waals surface area contributed by atoms with Gasteiger partial charge < -0.3 is 35.6 Å². The average Bonchev–Trinajstić information content (AvgIpc) is 3.53. The largest absolute Gasteiger partial charge is 0.480 e. The highest BCUT2D eigenvalue weighted by Gasteiger charge is 2.53. The van der Waals surface area contributed by atoms with Crippen molar-refractivity contribution in [1.82, 2.24) is 15.1 Å². The van der Waals surface area contributed by atoms with Gasteiger partial charge in [-0.1, -0.05) is 44.2 Å². The third-order valence-corrected chi connectivity index (χ3v) is 8.00. The van der Waals surface area contributed by atoms with Gasteiger partial charge in [0.15, 0.2) is 0 Å². The quantitative estimate of drug-likeness (QED) is 0.319. The van der Waals surface area contributed by atoms with Crippen molar-refractivity contribution in [2.45, 2.75) is 65.1 Å². The lowest BCUT2D eigenvalue weighted by molar-refractivity contribution is -0.151. The predicted molar refractivity (Wildman–Crippen MR) is 164 cm³/mol. The van der Waals surface area contributed by atoms with Crippen molar-refractivity contribution >= 4 is 41.3 Å². The van der Waals surface area contributed by atoms with E-state index >= 15 is 0 Å². The summed E-state index contributed by atoms with van der Waals surface area (Å²) in [6, 6.07) is 11.4. The van der Waals surface area contributed by atoms with Crippen molar-refractivity contribution in [2.75, 3.05) is 30.3 Å². The Kier molecular flexibility index (Phi) is 10.5. The van der Waals surface area contributed by atoms with E-state index in [-0.39, 0.29) is 43.7 Å². The number of rotatable bonds is 10. The lowest BCUT2D eigenvalue weighted by atomic mass is 10.0. The smallest absolute Gasteiger partial charge is 0.409 e. The van der Waals surface area contributed by atoms with Crippen LogP contribution in [0.3, 0.4) is 0 Å². The topological polar surface area (TPSA) is 157 Å². The number of carbonyl (C=O) groups is 5. The zero-order valence-corrected chi connectivity index (χ0v) is 25.5. The van der Waals surface area contributed by atoms with Crippen LogP contribution in [0.5, 0.6) is 0 Å². The van der Waals surface area contributed by atoms with Gasteiger partial charge in [0, 0.05) is 30.4 Å². The lowest BCUT2D eigenvalue weighted by Gasteiger charge is -2.32. The molecule has 2 heterocycles. The van der Waals surface area contributed by atoms with Crippen LogP contribution in [0.25, 0.3) is 0 Å². The summed E-state index contributed by atoms with van der Waals surface area (Å²) in [7, 11) is 0. The Morgan fingerprint density at radius 2 is 1.70 bits per heavy atom. The molecular weight excluding hydrogens is 566 g/mol. The number of benzene rings is 2. The number of likely N-dealkylation sites (tertiary alicyclic amines) is 2. The Hall–Kier alpha value is -4.61. The summed E-state index contributed by atoms with van der Waals surface area (Å²) in [4.78, 5) is 66.8. The van der Waals surface area contributed by atoms with Gasteiger partial charge >= 0.3 is 18.1 Å². The number of fused-ring (bicyclic) bond motifs is 1. The van der Waals surface area contributed by atoms with Crippen LogP contribution < -0.4 is 16.0 Å². The molecule has 2 aromatic rings. The molecular formula is C32H41N5O7. The summed E-state index contributed by atoms with van der Waals surface area (Å²) in [6.07, 6.45) is 0.0580. The Balaban J connectivity index is 1.39. The average molecular weight is 608 g/mol. The van der Waals surface area contributed by atoms with E-state index in [0.717, 1.165) is 5.56 Å². The van der Waals surface area contributed by atoms with Crippen molar-refractivity contribution in [1.29, 1.82) is 0 Å². The van der Waals surface area contributed by atoms with E-state index in [1.165, 1.54) is 9.80 Å². The van der Waals surface area contributed by atoms with Gasteiger partial charge in [-0.3, -0.25) is 9.59 Å². The van der Waals surface area contributed by atoms with Crippen LogP contribution in [0.4, 0.5) is 21.0 Å². The fourth-order valence-electron chi connectivity index (χ4n) is 5.94. The predicted octanol–water partition coefficient (Wildman–Crippen LogP) is 3.85. The van der Waals surface area contributed by atoms with Gasteiger partial charge in [-0.2, -0.15) is 0 Å². The molecule has 0 saturated carbocycles. The Morgan fingerprint density at radius 1 is 1.00 bits per heavy atom. The van der Waals surface area contributed by atoms with Crippen LogP contribution >= 0.6 is 0 Å². The molecule has 44 heavy (non-hydrogen) atoms. The summed E-state index contributed by atoms with van der Waals surface area (Å²) in [5.74, 6) is -2.10. The zero-order valence-electron chi connectivity index (χ0n) is 25.5. The van der Waals surface area contributed by atoms with Gasteiger partial charge in [0.2, 0.25) is 11.8 Å². The van der Waals surface area contributed by atoms with E-state index in [4.69, 9.17) is 4.74 Å². The van der Waals surface area contributed by atoms with Crippen molar-refractivity contribution in [3.05, 3.63) is 59.7 Å². The molecule has 2 aromatic carbocycles. The Bertz CT molecular complexity index is 1380. The molecule has 236 valence electrons. The summed E-state index contributed by atoms with van der Waals surface area (Å²) < 4.78 is 5.11. The maximum Gasteiger partial charge on any atom is 0.409 e. The van der Waals surface area contributed by atoms with E-state index in [2.05, 4.69) is 16.0 Å². The summed E-state index contributed by atoms with van der Waals surface area (Å²) in [5.41, 5.74) is 2.86. The van der Waals surface area contributed by atoms with Gasteiger partial charge in [-0.25, -0.2) is 14.4 Å². The molecule has 5 amide bonds. The van der Waals surface area contributed by atoms with Crippen LogP contribution in [0.1, 0.15) is 44.7 Å². The molecule has 12 nitrogen and oxygen atoms in total. The Labute approximate surface area is 257 Å². The summed E-state index contributed by atoms with van der Waals surface area (Å²) >= 11 is 0. The number of para-hydroxylation sites is 1. The third kappa shape index (κ3) is 7.86. The van der Waals surface area contributed by atoms with Gasteiger partial charge in [0.1, 0.15) is 12.1 Å². The van der Waals surface area contributed by atoms with Crippen LogP contribution in [-0.2, 0) is 25.5 Å².